The first-order valence-corrected chi connectivity index (χ1v) is 8.26. The van der Waals surface area contributed by atoms with Gasteiger partial charge >= 0.3 is 0 Å². The summed E-state index contributed by atoms with van der Waals surface area (Å²) in [5.74, 6) is 0.492. The van der Waals surface area contributed by atoms with Crippen LogP contribution in [0.2, 0.25) is 5.02 Å². The van der Waals surface area contributed by atoms with Crippen molar-refractivity contribution in [3.63, 3.8) is 0 Å². The smallest absolute Gasteiger partial charge is 0.261 e. The standard InChI is InChI=1S/C17H21ClN4O2/c1-12-15(17(24-3)20(2)19-12)16(23)22-10-8-21(9-11-22)14-6-4-13(18)5-7-14/h4-7H,8-11H2,1-3H3. The fraction of sp³-hybridized carbons (Fsp3) is 0.412. The first-order chi connectivity index (χ1) is 11.5. The monoisotopic (exact) mass is 348 g/mol. The summed E-state index contributed by atoms with van der Waals surface area (Å²) in [6.07, 6.45) is 0. The molecule has 1 aliphatic rings. The summed E-state index contributed by atoms with van der Waals surface area (Å²) in [5.41, 5.74) is 2.38. The molecule has 128 valence electrons. The second kappa shape index (κ2) is 6.73. The molecule has 0 unspecified atom stereocenters. The zero-order valence-electron chi connectivity index (χ0n) is 14.1. The van der Waals surface area contributed by atoms with E-state index in [0.717, 1.165) is 23.8 Å². The largest absolute Gasteiger partial charge is 0.481 e. The lowest BCUT2D eigenvalue weighted by Gasteiger charge is -2.36. The van der Waals surface area contributed by atoms with Gasteiger partial charge in [0, 0.05) is 43.9 Å². The van der Waals surface area contributed by atoms with Gasteiger partial charge in [-0.25, -0.2) is 4.68 Å². The van der Waals surface area contributed by atoms with Gasteiger partial charge in [0.15, 0.2) is 0 Å². The topological polar surface area (TPSA) is 50.6 Å². The molecule has 0 saturated carbocycles. The number of ether oxygens (including phenoxy) is 1. The highest BCUT2D eigenvalue weighted by atomic mass is 35.5. The molecule has 0 radical (unpaired) electrons. The average Bonchev–Trinajstić information content (AvgIpc) is 2.88. The van der Waals surface area contributed by atoms with Crippen LogP contribution in [0.3, 0.4) is 0 Å². The maximum atomic E-state index is 12.9. The SMILES string of the molecule is COc1c(C(=O)N2CCN(c3ccc(Cl)cc3)CC2)c(C)nn1C. The van der Waals surface area contributed by atoms with E-state index in [1.807, 2.05) is 36.1 Å². The molecule has 1 aromatic heterocycles. The van der Waals surface area contributed by atoms with Crippen molar-refractivity contribution in [2.75, 3.05) is 38.2 Å². The van der Waals surface area contributed by atoms with Gasteiger partial charge in [0.1, 0.15) is 5.56 Å². The summed E-state index contributed by atoms with van der Waals surface area (Å²) in [6.45, 7) is 4.74. The van der Waals surface area contributed by atoms with Gasteiger partial charge in [-0.05, 0) is 31.2 Å². The second-order valence-electron chi connectivity index (χ2n) is 5.85. The van der Waals surface area contributed by atoms with E-state index in [1.54, 1.807) is 18.8 Å². The fourth-order valence-electron chi connectivity index (χ4n) is 3.10. The predicted molar refractivity (Wildman–Crippen MR) is 94.1 cm³/mol. The summed E-state index contributed by atoms with van der Waals surface area (Å²) in [4.78, 5) is 17.0. The zero-order chi connectivity index (χ0) is 17.3. The number of methoxy groups -OCH3 is 1. The molecule has 2 aromatic rings. The molecule has 24 heavy (non-hydrogen) atoms. The number of rotatable bonds is 3. The number of carbonyl (C=O) groups excluding carboxylic acids is 1. The van der Waals surface area contributed by atoms with Crippen LogP contribution in [0, 0.1) is 6.92 Å². The Labute approximate surface area is 146 Å². The highest BCUT2D eigenvalue weighted by molar-refractivity contribution is 6.30. The van der Waals surface area contributed by atoms with Crippen molar-refractivity contribution in [3.05, 3.63) is 40.5 Å². The van der Waals surface area contributed by atoms with Crippen molar-refractivity contribution in [1.82, 2.24) is 14.7 Å². The summed E-state index contributed by atoms with van der Waals surface area (Å²) < 4.78 is 6.94. The lowest BCUT2D eigenvalue weighted by molar-refractivity contribution is 0.0742. The maximum Gasteiger partial charge on any atom is 0.261 e. The van der Waals surface area contributed by atoms with Crippen LogP contribution in [0.15, 0.2) is 24.3 Å². The third-order valence-corrected chi connectivity index (χ3v) is 4.59. The van der Waals surface area contributed by atoms with Crippen LogP contribution in [-0.4, -0.2) is 53.9 Å². The lowest BCUT2D eigenvalue weighted by atomic mass is 10.2. The maximum absolute atomic E-state index is 12.9. The van der Waals surface area contributed by atoms with E-state index in [4.69, 9.17) is 16.3 Å². The van der Waals surface area contributed by atoms with E-state index in [2.05, 4.69) is 10.00 Å². The van der Waals surface area contributed by atoms with Crippen LogP contribution in [-0.2, 0) is 7.05 Å². The molecule has 6 nitrogen and oxygen atoms in total. The van der Waals surface area contributed by atoms with E-state index in [0.29, 0.717) is 30.2 Å². The van der Waals surface area contributed by atoms with Crippen LogP contribution < -0.4 is 9.64 Å². The third kappa shape index (κ3) is 3.06. The van der Waals surface area contributed by atoms with Gasteiger partial charge in [-0.15, -0.1) is 0 Å². The van der Waals surface area contributed by atoms with Crippen LogP contribution in [0.1, 0.15) is 16.1 Å². The quantitative estimate of drug-likeness (QED) is 0.854. The van der Waals surface area contributed by atoms with E-state index in [-0.39, 0.29) is 5.91 Å². The van der Waals surface area contributed by atoms with Gasteiger partial charge in [-0.1, -0.05) is 11.6 Å². The third-order valence-electron chi connectivity index (χ3n) is 4.34. The molecule has 0 spiro atoms. The zero-order valence-corrected chi connectivity index (χ0v) is 14.9. The molecule has 1 aromatic carbocycles. The number of halogens is 1. The average molecular weight is 349 g/mol. The van der Waals surface area contributed by atoms with Crippen LogP contribution in [0.25, 0.3) is 0 Å². The van der Waals surface area contributed by atoms with Crippen molar-refractivity contribution >= 4 is 23.2 Å². The molecule has 1 saturated heterocycles. The van der Waals surface area contributed by atoms with E-state index in [1.165, 1.54) is 0 Å². The molecule has 7 heteroatoms. The Hall–Kier alpha value is -2.21. The van der Waals surface area contributed by atoms with Crippen molar-refractivity contribution in [3.8, 4) is 5.88 Å². The molecular formula is C17H21ClN4O2. The Bertz CT molecular complexity index is 734. The first kappa shape index (κ1) is 16.6. The highest BCUT2D eigenvalue weighted by Crippen LogP contribution is 2.24. The normalized spacial score (nSPS) is 14.8. The van der Waals surface area contributed by atoms with Gasteiger partial charge in [0.05, 0.1) is 12.8 Å². The minimum Gasteiger partial charge on any atom is -0.481 e. The predicted octanol–water partition coefficient (Wildman–Crippen LogP) is 2.35. The molecule has 0 atom stereocenters. The molecular weight excluding hydrogens is 328 g/mol. The van der Waals surface area contributed by atoms with Crippen molar-refractivity contribution in [2.45, 2.75) is 6.92 Å². The molecule has 1 fully saturated rings. The number of hydrogen-bond donors (Lipinski definition) is 0. The Morgan fingerprint density at radius 3 is 2.38 bits per heavy atom. The van der Waals surface area contributed by atoms with Gasteiger partial charge in [0.25, 0.3) is 5.91 Å². The van der Waals surface area contributed by atoms with Crippen LogP contribution >= 0.6 is 11.6 Å². The Morgan fingerprint density at radius 2 is 1.79 bits per heavy atom. The second-order valence-corrected chi connectivity index (χ2v) is 6.29. The van der Waals surface area contributed by atoms with Crippen LogP contribution in [0.5, 0.6) is 5.88 Å². The Morgan fingerprint density at radius 1 is 1.17 bits per heavy atom. The summed E-state index contributed by atoms with van der Waals surface area (Å²) in [7, 11) is 3.34. The minimum absolute atomic E-state index is 0.0202. The van der Waals surface area contributed by atoms with Gasteiger partial charge in [-0.3, -0.25) is 4.79 Å². The van der Waals surface area contributed by atoms with Crippen molar-refractivity contribution in [1.29, 1.82) is 0 Å². The molecule has 1 aliphatic heterocycles. The Kier molecular flexibility index (Phi) is 4.66. The molecule has 1 amide bonds. The van der Waals surface area contributed by atoms with E-state index in [9.17, 15) is 4.79 Å². The number of hydrogen-bond acceptors (Lipinski definition) is 4. The molecule has 0 bridgehead atoms. The first-order valence-electron chi connectivity index (χ1n) is 7.88. The summed E-state index contributed by atoms with van der Waals surface area (Å²) in [6, 6.07) is 7.79. The number of nitrogens with zero attached hydrogens (tertiary/aromatic N) is 4. The fourth-order valence-corrected chi connectivity index (χ4v) is 3.22. The van der Waals surface area contributed by atoms with Gasteiger partial charge in [0.2, 0.25) is 5.88 Å². The summed E-state index contributed by atoms with van der Waals surface area (Å²) >= 11 is 5.94. The van der Waals surface area contributed by atoms with Gasteiger partial charge in [-0.2, -0.15) is 5.10 Å². The van der Waals surface area contributed by atoms with Crippen LogP contribution in [0.4, 0.5) is 5.69 Å². The van der Waals surface area contributed by atoms with Crippen molar-refractivity contribution in [2.24, 2.45) is 7.05 Å². The number of carbonyl (C=O) groups is 1. The lowest BCUT2D eigenvalue weighted by Crippen LogP contribution is -2.48. The number of amides is 1. The minimum atomic E-state index is -0.0202. The number of aryl methyl sites for hydroxylation is 2. The Balaban J connectivity index is 1.70. The number of anilines is 1. The van der Waals surface area contributed by atoms with E-state index >= 15 is 0 Å². The number of aromatic nitrogens is 2. The molecule has 0 aliphatic carbocycles. The molecule has 2 heterocycles. The van der Waals surface area contributed by atoms with Gasteiger partial charge < -0.3 is 14.5 Å². The highest BCUT2D eigenvalue weighted by Gasteiger charge is 2.28. The summed E-state index contributed by atoms with van der Waals surface area (Å²) in [5, 5.41) is 5.02. The molecule has 3 rings (SSSR count). The van der Waals surface area contributed by atoms with Crippen molar-refractivity contribution < 1.29 is 9.53 Å². The van der Waals surface area contributed by atoms with E-state index < -0.39 is 0 Å². The number of piperazine rings is 1. The number of benzene rings is 1. The molecule has 0 N–H and O–H groups in total.